The number of hydrogen-bond donors (Lipinski definition) is 0. The van der Waals surface area contributed by atoms with Crippen molar-refractivity contribution in [3.05, 3.63) is 170 Å². The van der Waals surface area contributed by atoms with E-state index in [1.165, 1.54) is 43.7 Å². The lowest BCUT2D eigenvalue weighted by molar-refractivity contribution is 0.655. The van der Waals surface area contributed by atoms with Crippen LogP contribution in [0.3, 0.4) is 0 Å². The van der Waals surface area contributed by atoms with E-state index in [1.54, 1.807) is 0 Å². The van der Waals surface area contributed by atoms with Gasteiger partial charge in [0.2, 0.25) is 0 Å². The largest absolute Gasteiger partial charge is 0.456 e. The maximum Gasteiger partial charge on any atom is 0.159 e. The second-order valence-corrected chi connectivity index (χ2v) is 13.7. The van der Waals surface area contributed by atoms with E-state index >= 15 is 0 Å². The fourth-order valence-electron chi connectivity index (χ4n) is 8.60. The van der Waals surface area contributed by atoms with E-state index in [1.807, 2.05) is 18.2 Å². The Morgan fingerprint density at radius 3 is 1.62 bits per heavy atom. The molecule has 0 aliphatic carbocycles. The lowest BCUT2D eigenvalue weighted by Gasteiger charge is -2.10. The summed E-state index contributed by atoms with van der Waals surface area (Å²) in [7, 11) is 0. The van der Waals surface area contributed by atoms with E-state index in [0.717, 1.165) is 66.3 Å². The molecule has 0 atom stereocenters. The molecule has 4 nitrogen and oxygen atoms in total. The summed E-state index contributed by atoms with van der Waals surface area (Å²) >= 11 is 0. The second-order valence-electron chi connectivity index (χ2n) is 13.7. The average Bonchev–Trinajstić information content (AvgIpc) is 3.94. The summed E-state index contributed by atoms with van der Waals surface area (Å²) in [6, 6.07) is 60.7. The van der Waals surface area contributed by atoms with Gasteiger partial charge in [0.05, 0.1) is 27.8 Å². The Morgan fingerprint density at radius 2 is 0.865 bits per heavy atom. The van der Waals surface area contributed by atoms with Crippen LogP contribution in [-0.2, 0) is 0 Å². The Morgan fingerprint density at radius 1 is 0.308 bits per heavy atom. The van der Waals surface area contributed by atoms with Crippen LogP contribution in [-0.4, -0.2) is 9.13 Å². The minimum absolute atomic E-state index is 0.820. The molecule has 12 rings (SSSR count). The molecule has 0 unspecified atom stereocenters. The Balaban J connectivity index is 1.06. The van der Waals surface area contributed by atoms with Crippen LogP contribution in [0.1, 0.15) is 0 Å². The Bertz CT molecular complexity index is 3410. The lowest BCUT2D eigenvalue weighted by atomic mass is 10.0. The third-order valence-corrected chi connectivity index (χ3v) is 10.9. The molecule has 12 aromatic rings. The molecule has 4 aromatic heterocycles. The van der Waals surface area contributed by atoms with Gasteiger partial charge in [-0.15, -0.1) is 0 Å². The predicted molar refractivity (Wildman–Crippen MR) is 215 cm³/mol. The van der Waals surface area contributed by atoms with E-state index in [2.05, 4.69) is 161 Å². The molecule has 0 N–H and O–H groups in total. The minimum Gasteiger partial charge on any atom is -0.456 e. The normalized spacial score (nSPS) is 12.2. The number of rotatable bonds is 3. The molecule has 4 heteroatoms. The number of aromatic nitrogens is 2. The van der Waals surface area contributed by atoms with Gasteiger partial charge in [0, 0.05) is 54.8 Å². The van der Waals surface area contributed by atoms with Crippen molar-refractivity contribution in [1.82, 2.24) is 9.13 Å². The van der Waals surface area contributed by atoms with Gasteiger partial charge in [0.15, 0.2) is 5.58 Å². The molecule has 0 aliphatic rings. The van der Waals surface area contributed by atoms with Gasteiger partial charge in [0.25, 0.3) is 0 Å². The van der Waals surface area contributed by atoms with E-state index in [0.29, 0.717) is 0 Å². The third kappa shape index (κ3) is 3.75. The molecule has 4 heterocycles. The van der Waals surface area contributed by atoms with Crippen molar-refractivity contribution < 1.29 is 8.83 Å². The number of para-hydroxylation sites is 5. The van der Waals surface area contributed by atoms with Crippen LogP contribution < -0.4 is 0 Å². The summed E-state index contributed by atoms with van der Waals surface area (Å²) in [5.74, 6) is 0. The van der Waals surface area contributed by atoms with Crippen LogP contribution in [0.5, 0.6) is 0 Å². The monoisotopic (exact) mass is 664 g/mol. The van der Waals surface area contributed by atoms with Gasteiger partial charge in [-0.05, 0) is 77.9 Å². The smallest absolute Gasteiger partial charge is 0.159 e. The molecule has 0 saturated heterocycles. The zero-order valence-electron chi connectivity index (χ0n) is 27.9. The van der Waals surface area contributed by atoms with Crippen molar-refractivity contribution in [3.63, 3.8) is 0 Å². The molecule has 52 heavy (non-hydrogen) atoms. The van der Waals surface area contributed by atoms with Crippen LogP contribution in [0.2, 0.25) is 0 Å². The Hall–Kier alpha value is -7.04. The average molecular weight is 665 g/mol. The standard InChI is InChI=1S/C48H28N2O2/c1-2-11-31(12-3-1)49-40-17-7-4-13-32(40)36-25-29(21-23-42(36)49)30-22-24-43-37(26-30)33-14-5-8-18-41(33)50(43)44-19-10-16-35-39-27-38-34-15-6-9-20-45(34)51-46(38)28-47(39)52-48(35)44/h1-28H. The van der Waals surface area contributed by atoms with Gasteiger partial charge in [-0.3, -0.25) is 0 Å². The van der Waals surface area contributed by atoms with Crippen LogP contribution in [0.25, 0.3) is 110 Å². The fourth-order valence-corrected chi connectivity index (χ4v) is 8.60. The molecular weight excluding hydrogens is 637 g/mol. The quantitative estimate of drug-likeness (QED) is 0.188. The Kier molecular flexibility index (Phi) is 5.47. The number of nitrogens with zero attached hydrogens (tertiary/aromatic N) is 2. The first-order chi connectivity index (χ1) is 25.8. The molecule has 242 valence electrons. The molecule has 0 radical (unpaired) electrons. The minimum atomic E-state index is 0.820. The maximum atomic E-state index is 6.73. The molecular formula is C48H28N2O2. The summed E-state index contributed by atoms with van der Waals surface area (Å²) in [5, 5.41) is 9.30. The SMILES string of the molecule is c1ccc(-n2c3ccccc3c3cc(-c4ccc5c(c4)c4ccccc4n5-c4cccc5c4oc4cc6oc7ccccc7c6cc45)ccc32)cc1. The summed E-state index contributed by atoms with van der Waals surface area (Å²) in [6.45, 7) is 0. The van der Waals surface area contributed by atoms with Gasteiger partial charge in [-0.25, -0.2) is 0 Å². The van der Waals surface area contributed by atoms with Crippen molar-refractivity contribution in [2.45, 2.75) is 0 Å². The van der Waals surface area contributed by atoms with Crippen molar-refractivity contribution in [1.29, 1.82) is 0 Å². The van der Waals surface area contributed by atoms with Gasteiger partial charge < -0.3 is 18.0 Å². The fraction of sp³-hybridized carbons (Fsp3) is 0. The lowest BCUT2D eigenvalue weighted by Crippen LogP contribution is -1.94. The topological polar surface area (TPSA) is 36.1 Å². The van der Waals surface area contributed by atoms with Crippen molar-refractivity contribution in [3.8, 4) is 22.5 Å². The summed E-state index contributed by atoms with van der Waals surface area (Å²) in [6.07, 6.45) is 0. The molecule has 0 saturated carbocycles. The first kappa shape index (κ1) is 27.7. The zero-order valence-corrected chi connectivity index (χ0v) is 27.9. The second kappa shape index (κ2) is 10.3. The highest BCUT2D eigenvalue weighted by Crippen LogP contribution is 2.42. The molecule has 0 bridgehead atoms. The molecule has 0 aliphatic heterocycles. The summed E-state index contributed by atoms with van der Waals surface area (Å²) in [4.78, 5) is 0. The van der Waals surface area contributed by atoms with E-state index < -0.39 is 0 Å². The van der Waals surface area contributed by atoms with Crippen molar-refractivity contribution in [2.75, 3.05) is 0 Å². The number of benzene rings is 8. The van der Waals surface area contributed by atoms with E-state index in [-0.39, 0.29) is 0 Å². The van der Waals surface area contributed by atoms with Crippen LogP contribution in [0, 0.1) is 0 Å². The van der Waals surface area contributed by atoms with Gasteiger partial charge in [-0.2, -0.15) is 0 Å². The molecule has 0 spiro atoms. The van der Waals surface area contributed by atoms with Crippen molar-refractivity contribution >= 4 is 87.5 Å². The van der Waals surface area contributed by atoms with E-state index in [9.17, 15) is 0 Å². The Labute approximate surface area is 296 Å². The van der Waals surface area contributed by atoms with Crippen LogP contribution in [0.4, 0.5) is 0 Å². The highest BCUT2D eigenvalue weighted by atomic mass is 16.3. The zero-order chi connectivity index (χ0) is 33.9. The maximum absolute atomic E-state index is 6.73. The predicted octanol–water partition coefficient (Wildman–Crippen LogP) is 13.3. The van der Waals surface area contributed by atoms with Crippen molar-refractivity contribution in [2.24, 2.45) is 0 Å². The molecule has 0 fully saturated rings. The first-order valence-corrected chi connectivity index (χ1v) is 17.7. The number of furan rings is 2. The highest BCUT2D eigenvalue weighted by molar-refractivity contribution is 6.18. The number of hydrogen-bond acceptors (Lipinski definition) is 2. The number of fused-ring (bicyclic) bond motifs is 12. The summed E-state index contributed by atoms with van der Waals surface area (Å²) in [5.41, 5.74) is 12.7. The highest BCUT2D eigenvalue weighted by Gasteiger charge is 2.20. The van der Waals surface area contributed by atoms with Gasteiger partial charge in [0.1, 0.15) is 16.7 Å². The summed E-state index contributed by atoms with van der Waals surface area (Å²) < 4.78 is 17.7. The first-order valence-electron chi connectivity index (χ1n) is 17.7. The van der Waals surface area contributed by atoms with E-state index in [4.69, 9.17) is 8.83 Å². The molecule has 8 aromatic carbocycles. The molecule has 0 amide bonds. The van der Waals surface area contributed by atoms with Crippen LogP contribution >= 0.6 is 0 Å². The van der Waals surface area contributed by atoms with Crippen LogP contribution in [0.15, 0.2) is 179 Å². The van der Waals surface area contributed by atoms with Gasteiger partial charge >= 0.3 is 0 Å². The van der Waals surface area contributed by atoms with Gasteiger partial charge in [-0.1, -0.05) is 97.1 Å². The third-order valence-electron chi connectivity index (χ3n) is 10.9.